The number of hydrogen-bond donors (Lipinski definition) is 1. The van der Waals surface area contributed by atoms with Gasteiger partial charge in [-0.2, -0.15) is 13.2 Å². The fraction of sp³-hybridized carbons (Fsp3) is 0.571. The standard InChI is InChI=1S/C14H18F3NO2/c1-3-6-18-13(2,14(15,16)17)10-4-5-11-12(9-10)20-8-7-19-11/h4-5,9,18H,3,6-8H2,1-2H3. The van der Waals surface area contributed by atoms with E-state index in [-0.39, 0.29) is 12.1 Å². The van der Waals surface area contributed by atoms with Crippen molar-refractivity contribution in [1.82, 2.24) is 5.32 Å². The molecule has 2 rings (SSSR count). The first-order valence-corrected chi connectivity index (χ1v) is 6.60. The smallest absolute Gasteiger partial charge is 0.410 e. The lowest BCUT2D eigenvalue weighted by Gasteiger charge is -2.34. The van der Waals surface area contributed by atoms with Crippen LogP contribution in [0.2, 0.25) is 0 Å². The molecule has 20 heavy (non-hydrogen) atoms. The van der Waals surface area contributed by atoms with Gasteiger partial charge in [-0.25, -0.2) is 0 Å². The molecule has 6 heteroatoms. The molecular formula is C14H18F3NO2. The van der Waals surface area contributed by atoms with Crippen LogP contribution in [0.5, 0.6) is 11.5 Å². The van der Waals surface area contributed by atoms with Crippen molar-refractivity contribution >= 4 is 0 Å². The summed E-state index contributed by atoms with van der Waals surface area (Å²) in [6.45, 7) is 4.02. The number of halogens is 3. The summed E-state index contributed by atoms with van der Waals surface area (Å²) in [5.74, 6) is 0.850. The maximum atomic E-state index is 13.4. The Balaban J connectivity index is 2.38. The summed E-state index contributed by atoms with van der Waals surface area (Å²) in [5.41, 5.74) is -1.97. The molecule has 0 spiro atoms. The van der Waals surface area contributed by atoms with Gasteiger partial charge in [0, 0.05) is 0 Å². The normalized spacial score (nSPS) is 17.6. The number of hydrogen-bond acceptors (Lipinski definition) is 3. The molecule has 1 N–H and O–H groups in total. The maximum Gasteiger partial charge on any atom is 0.410 e. The molecule has 1 aromatic rings. The highest BCUT2D eigenvalue weighted by atomic mass is 19.4. The molecule has 0 aromatic heterocycles. The zero-order chi connectivity index (χ0) is 14.8. The van der Waals surface area contributed by atoms with Crippen LogP contribution in [0.3, 0.4) is 0 Å². The average Bonchev–Trinajstić information content (AvgIpc) is 2.43. The third-order valence-corrected chi connectivity index (χ3v) is 3.42. The summed E-state index contributed by atoms with van der Waals surface area (Å²) < 4.78 is 50.9. The Labute approximate surface area is 116 Å². The first kappa shape index (κ1) is 15.0. The molecule has 0 saturated heterocycles. The van der Waals surface area contributed by atoms with Crippen molar-refractivity contribution in [2.24, 2.45) is 0 Å². The van der Waals surface area contributed by atoms with Crippen LogP contribution in [0.4, 0.5) is 13.2 Å². The molecule has 0 aliphatic carbocycles. The van der Waals surface area contributed by atoms with Crippen molar-refractivity contribution in [1.29, 1.82) is 0 Å². The van der Waals surface area contributed by atoms with Crippen LogP contribution in [0, 0.1) is 0 Å². The largest absolute Gasteiger partial charge is 0.486 e. The molecule has 1 unspecified atom stereocenters. The van der Waals surface area contributed by atoms with Gasteiger partial charge in [-0.1, -0.05) is 13.0 Å². The molecule has 1 aromatic carbocycles. The Morgan fingerprint density at radius 2 is 1.80 bits per heavy atom. The van der Waals surface area contributed by atoms with Gasteiger partial charge in [-0.3, -0.25) is 0 Å². The second-order valence-corrected chi connectivity index (χ2v) is 4.91. The van der Waals surface area contributed by atoms with E-state index in [1.807, 2.05) is 6.92 Å². The molecule has 112 valence electrons. The van der Waals surface area contributed by atoms with Crippen molar-refractivity contribution in [3.05, 3.63) is 23.8 Å². The van der Waals surface area contributed by atoms with E-state index < -0.39 is 11.7 Å². The fourth-order valence-corrected chi connectivity index (χ4v) is 2.10. The highest BCUT2D eigenvalue weighted by Gasteiger charge is 2.52. The zero-order valence-corrected chi connectivity index (χ0v) is 11.5. The minimum Gasteiger partial charge on any atom is -0.486 e. The minimum atomic E-state index is -4.40. The van der Waals surface area contributed by atoms with E-state index in [1.165, 1.54) is 18.2 Å². The van der Waals surface area contributed by atoms with Crippen LogP contribution in [-0.4, -0.2) is 25.9 Å². The molecule has 0 amide bonds. The van der Waals surface area contributed by atoms with Gasteiger partial charge in [0.2, 0.25) is 0 Å². The summed E-state index contributed by atoms with van der Waals surface area (Å²) >= 11 is 0. The predicted molar refractivity (Wildman–Crippen MR) is 69.1 cm³/mol. The Morgan fingerprint density at radius 3 is 2.40 bits per heavy atom. The highest BCUT2D eigenvalue weighted by Crippen LogP contribution is 2.42. The van der Waals surface area contributed by atoms with Gasteiger partial charge in [0.25, 0.3) is 0 Å². The SMILES string of the molecule is CCCNC(C)(c1ccc2c(c1)OCCO2)C(F)(F)F. The Morgan fingerprint density at radius 1 is 1.15 bits per heavy atom. The fourth-order valence-electron chi connectivity index (χ4n) is 2.10. The topological polar surface area (TPSA) is 30.5 Å². The molecule has 1 heterocycles. The first-order valence-electron chi connectivity index (χ1n) is 6.60. The van der Waals surface area contributed by atoms with Crippen LogP contribution < -0.4 is 14.8 Å². The molecule has 3 nitrogen and oxygen atoms in total. The van der Waals surface area contributed by atoms with Gasteiger partial charge in [0.1, 0.15) is 18.8 Å². The first-order chi connectivity index (χ1) is 9.38. The van der Waals surface area contributed by atoms with E-state index in [2.05, 4.69) is 5.32 Å². The zero-order valence-electron chi connectivity index (χ0n) is 11.5. The lowest BCUT2D eigenvalue weighted by molar-refractivity contribution is -0.195. The van der Waals surface area contributed by atoms with Gasteiger partial charge in [0.05, 0.1) is 0 Å². The number of rotatable bonds is 4. The Kier molecular flexibility index (Phi) is 4.13. The van der Waals surface area contributed by atoms with Crippen molar-refractivity contribution in [3.63, 3.8) is 0 Å². The van der Waals surface area contributed by atoms with Crippen LogP contribution in [0.1, 0.15) is 25.8 Å². The second-order valence-electron chi connectivity index (χ2n) is 4.91. The molecular weight excluding hydrogens is 271 g/mol. The molecule has 0 bridgehead atoms. The van der Waals surface area contributed by atoms with Crippen LogP contribution in [0.15, 0.2) is 18.2 Å². The van der Waals surface area contributed by atoms with Crippen molar-refractivity contribution in [3.8, 4) is 11.5 Å². The summed E-state index contributed by atoms with van der Waals surface area (Å²) in [5, 5.41) is 2.59. The lowest BCUT2D eigenvalue weighted by Crippen LogP contribution is -2.51. The monoisotopic (exact) mass is 289 g/mol. The van der Waals surface area contributed by atoms with E-state index in [9.17, 15) is 13.2 Å². The van der Waals surface area contributed by atoms with E-state index in [4.69, 9.17) is 9.47 Å². The molecule has 1 aliphatic heterocycles. The summed E-state index contributed by atoms with van der Waals surface area (Å²) in [4.78, 5) is 0. The Bertz CT molecular complexity index is 476. The summed E-state index contributed by atoms with van der Waals surface area (Å²) in [6.07, 6.45) is -3.78. The number of benzene rings is 1. The van der Waals surface area contributed by atoms with E-state index in [0.29, 0.717) is 31.1 Å². The number of ether oxygens (including phenoxy) is 2. The quantitative estimate of drug-likeness (QED) is 0.923. The van der Waals surface area contributed by atoms with E-state index in [0.717, 1.165) is 6.92 Å². The van der Waals surface area contributed by atoms with Gasteiger partial charge < -0.3 is 14.8 Å². The Hall–Kier alpha value is -1.43. The minimum absolute atomic E-state index is 0.128. The van der Waals surface area contributed by atoms with E-state index in [1.54, 1.807) is 0 Å². The van der Waals surface area contributed by atoms with E-state index >= 15 is 0 Å². The van der Waals surface area contributed by atoms with Gasteiger partial charge >= 0.3 is 6.18 Å². The highest BCUT2D eigenvalue weighted by molar-refractivity contribution is 5.46. The van der Waals surface area contributed by atoms with Crippen LogP contribution in [0.25, 0.3) is 0 Å². The molecule has 0 fully saturated rings. The third kappa shape index (κ3) is 2.70. The molecule has 1 atom stereocenters. The molecule has 1 aliphatic rings. The van der Waals surface area contributed by atoms with Crippen LogP contribution in [-0.2, 0) is 5.54 Å². The van der Waals surface area contributed by atoms with Crippen molar-refractivity contribution < 1.29 is 22.6 Å². The molecule has 0 radical (unpaired) electrons. The second kappa shape index (κ2) is 5.52. The molecule has 0 saturated carbocycles. The predicted octanol–water partition coefficient (Wildman–Crippen LogP) is 3.23. The summed E-state index contributed by atoms with van der Waals surface area (Å²) in [7, 11) is 0. The number of nitrogens with one attached hydrogen (secondary N) is 1. The summed E-state index contributed by atoms with van der Waals surface area (Å²) in [6, 6.07) is 4.37. The van der Waals surface area contributed by atoms with Crippen molar-refractivity contribution in [2.75, 3.05) is 19.8 Å². The van der Waals surface area contributed by atoms with Gasteiger partial charge in [-0.05, 0) is 37.6 Å². The van der Waals surface area contributed by atoms with Gasteiger partial charge in [0.15, 0.2) is 11.5 Å². The number of fused-ring (bicyclic) bond motifs is 1. The van der Waals surface area contributed by atoms with Gasteiger partial charge in [-0.15, -0.1) is 0 Å². The number of alkyl halides is 3. The maximum absolute atomic E-state index is 13.4. The lowest BCUT2D eigenvalue weighted by atomic mass is 9.90. The van der Waals surface area contributed by atoms with Crippen molar-refractivity contribution in [2.45, 2.75) is 32.0 Å². The third-order valence-electron chi connectivity index (χ3n) is 3.42. The van der Waals surface area contributed by atoms with Crippen LogP contribution >= 0.6 is 0 Å². The average molecular weight is 289 g/mol.